The first kappa shape index (κ1) is 24.5. The van der Waals surface area contributed by atoms with E-state index in [1.165, 1.54) is 30.1 Å². The molecule has 182 valence electrons. The molecule has 0 unspecified atom stereocenters. The Morgan fingerprint density at radius 3 is 2.66 bits per heavy atom. The number of benzene rings is 2. The summed E-state index contributed by atoms with van der Waals surface area (Å²) in [5.41, 5.74) is 0.0982. The average molecular weight is 543 g/mol. The van der Waals surface area contributed by atoms with Gasteiger partial charge in [-0.3, -0.25) is 19.7 Å². The third-order valence-corrected chi connectivity index (χ3v) is 6.34. The van der Waals surface area contributed by atoms with Gasteiger partial charge < -0.3 is 9.47 Å². The molecular weight excluding hydrogens is 520 g/mol. The zero-order valence-electron chi connectivity index (χ0n) is 19.2. The van der Waals surface area contributed by atoms with Crippen LogP contribution in [0.2, 0.25) is 0 Å². The zero-order valence-corrected chi connectivity index (χ0v) is 20.8. The van der Waals surface area contributed by atoms with Crippen molar-refractivity contribution in [2.24, 2.45) is 5.10 Å². The highest BCUT2D eigenvalue weighted by Crippen LogP contribution is 2.38. The number of carbonyl (C=O) groups excluding carboxylic acids is 1. The van der Waals surface area contributed by atoms with Crippen LogP contribution < -0.4 is 15.0 Å². The molecule has 1 saturated carbocycles. The van der Waals surface area contributed by atoms with Gasteiger partial charge >= 0.3 is 11.7 Å². The molecule has 4 rings (SSSR count). The van der Waals surface area contributed by atoms with Crippen LogP contribution in [0.15, 0.2) is 44.7 Å². The summed E-state index contributed by atoms with van der Waals surface area (Å²) < 4.78 is 12.2. The highest BCUT2D eigenvalue weighted by Gasteiger charge is 2.25. The van der Waals surface area contributed by atoms with E-state index >= 15 is 0 Å². The van der Waals surface area contributed by atoms with E-state index in [0.717, 1.165) is 43.5 Å². The van der Waals surface area contributed by atoms with Crippen LogP contribution in [0.5, 0.6) is 11.5 Å². The highest BCUT2D eigenvalue weighted by molar-refractivity contribution is 9.10. The molecule has 0 aliphatic heterocycles. The summed E-state index contributed by atoms with van der Waals surface area (Å²) in [6.07, 6.45) is 6.38. The lowest BCUT2D eigenvalue weighted by atomic mass is 9.88. The minimum atomic E-state index is -0.718. The third-order valence-electron chi connectivity index (χ3n) is 5.85. The van der Waals surface area contributed by atoms with Gasteiger partial charge in [0.1, 0.15) is 5.82 Å². The third kappa shape index (κ3) is 5.24. The number of esters is 1. The van der Waals surface area contributed by atoms with Crippen molar-refractivity contribution in [2.45, 2.75) is 44.9 Å². The van der Waals surface area contributed by atoms with Crippen molar-refractivity contribution < 1.29 is 19.2 Å². The Hall–Kier alpha value is -3.60. The molecule has 2 aromatic carbocycles. The fraction of sp³-hybridized carbons (Fsp3) is 0.333. The van der Waals surface area contributed by atoms with Gasteiger partial charge in [-0.25, -0.2) is 4.98 Å². The number of aromatic nitrogens is 2. The highest BCUT2D eigenvalue weighted by atomic mass is 79.9. The second kappa shape index (κ2) is 10.3. The van der Waals surface area contributed by atoms with Crippen molar-refractivity contribution in [3.8, 4) is 11.5 Å². The monoisotopic (exact) mass is 542 g/mol. The number of fused-ring (bicyclic) bond motifs is 1. The van der Waals surface area contributed by atoms with E-state index in [2.05, 4.69) is 21.0 Å². The quantitative estimate of drug-likeness (QED) is 0.142. The summed E-state index contributed by atoms with van der Waals surface area (Å²) in [5, 5.41) is 16.5. The standard InChI is InChI=1S/C24H23BrN4O6/c1-14(30)35-22-20(29(32)33)10-15(11-21(22)34-2)13-26-28-23(16-6-4-3-5-7-16)27-19-9-8-17(25)12-18(19)24(28)31/h8-13,16H,3-7H2,1-2H3. The molecule has 0 radical (unpaired) electrons. The molecule has 3 aromatic rings. The molecule has 0 amide bonds. The van der Waals surface area contributed by atoms with E-state index in [9.17, 15) is 19.7 Å². The predicted molar refractivity (Wildman–Crippen MR) is 133 cm³/mol. The number of rotatable bonds is 6. The molecule has 1 aromatic heterocycles. The van der Waals surface area contributed by atoms with Crippen LogP contribution in [0.3, 0.4) is 0 Å². The van der Waals surface area contributed by atoms with Crippen molar-refractivity contribution >= 4 is 44.7 Å². The molecule has 0 atom stereocenters. The van der Waals surface area contributed by atoms with Gasteiger partial charge in [0.05, 0.1) is 29.2 Å². The molecule has 0 saturated heterocycles. The summed E-state index contributed by atoms with van der Waals surface area (Å²) in [6.45, 7) is 1.14. The number of hydrogen-bond acceptors (Lipinski definition) is 8. The van der Waals surface area contributed by atoms with Crippen molar-refractivity contribution in [2.75, 3.05) is 7.11 Å². The van der Waals surface area contributed by atoms with Crippen LogP contribution in [-0.4, -0.2) is 33.9 Å². The Kier molecular flexibility index (Phi) is 7.25. The van der Waals surface area contributed by atoms with Gasteiger partial charge in [-0.2, -0.15) is 9.78 Å². The van der Waals surface area contributed by atoms with Crippen LogP contribution in [0, 0.1) is 10.1 Å². The summed E-state index contributed by atoms with van der Waals surface area (Å²) in [6, 6.07) is 7.99. The second-order valence-corrected chi connectivity index (χ2v) is 9.17. The molecule has 11 heteroatoms. The lowest BCUT2D eigenvalue weighted by Crippen LogP contribution is -2.25. The normalized spacial score (nSPS) is 14.4. The maximum atomic E-state index is 13.4. The van der Waals surface area contributed by atoms with Gasteiger partial charge in [0.15, 0.2) is 5.75 Å². The van der Waals surface area contributed by atoms with E-state index in [4.69, 9.17) is 14.5 Å². The van der Waals surface area contributed by atoms with Gasteiger partial charge in [-0.1, -0.05) is 35.2 Å². The molecule has 0 N–H and O–H groups in total. The number of halogens is 1. The maximum absolute atomic E-state index is 13.4. The van der Waals surface area contributed by atoms with E-state index in [0.29, 0.717) is 22.3 Å². The summed E-state index contributed by atoms with van der Waals surface area (Å²) >= 11 is 3.40. The number of hydrogen-bond donors (Lipinski definition) is 0. The first-order valence-electron chi connectivity index (χ1n) is 11.1. The minimum absolute atomic E-state index is 0.00346. The number of ether oxygens (including phenoxy) is 2. The number of nitrogens with zero attached hydrogens (tertiary/aromatic N) is 4. The molecule has 1 heterocycles. The van der Waals surface area contributed by atoms with E-state index in [1.807, 2.05) is 6.07 Å². The molecule has 1 fully saturated rings. The predicted octanol–water partition coefficient (Wildman–Crippen LogP) is 4.93. The van der Waals surface area contributed by atoms with Crippen LogP contribution in [-0.2, 0) is 4.79 Å². The molecule has 1 aliphatic rings. The van der Waals surface area contributed by atoms with Crippen molar-refractivity contribution in [1.82, 2.24) is 9.66 Å². The first-order chi connectivity index (χ1) is 16.8. The Morgan fingerprint density at radius 2 is 2.00 bits per heavy atom. The summed E-state index contributed by atoms with van der Waals surface area (Å²) in [4.78, 5) is 40.6. The molecule has 0 bridgehead atoms. The van der Waals surface area contributed by atoms with Gasteiger partial charge in [-0.05, 0) is 37.1 Å². The molecular formula is C24H23BrN4O6. The van der Waals surface area contributed by atoms with Gasteiger partial charge in [0.2, 0.25) is 5.75 Å². The number of carbonyl (C=O) groups is 1. The smallest absolute Gasteiger partial charge is 0.316 e. The van der Waals surface area contributed by atoms with Crippen LogP contribution in [0.4, 0.5) is 5.69 Å². The molecule has 10 nitrogen and oxygen atoms in total. The second-order valence-electron chi connectivity index (χ2n) is 8.25. The number of nitro groups is 1. The molecule has 1 aliphatic carbocycles. The summed E-state index contributed by atoms with van der Waals surface area (Å²) in [5.74, 6) is -0.365. The molecule has 35 heavy (non-hydrogen) atoms. The van der Waals surface area contributed by atoms with Gasteiger partial charge in [0, 0.05) is 28.9 Å². The lowest BCUT2D eigenvalue weighted by molar-refractivity contribution is -0.385. The Balaban J connectivity index is 1.86. The SMILES string of the molecule is COc1cc(C=Nn2c(C3CCCCC3)nc3ccc(Br)cc3c2=O)cc([N+](=O)[O-])c1OC(C)=O. The van der Waals surface area contributed by atoms with Crippen LogP contribution >= 0.6 is 15.9 Å². The lowest BCUT2D eigenvalue weighted by Gasteiger charge is -2.22. The largest absolute Gasteiger partial charge is 0.493 e. The Bertz CT molecular complexity index is 1400. The van der Waals surface area contributed by atoms with E-state index in [1.54, 1.807) is 12.1 Å². The zero-order chi connectivity index (χ0) is 25.1. The van der Waals surface area contributed by atoms with Crippen molar-refractivity contribution in [1.29, 1.82) is 0 Å². The van der Waals surface area contributed by atoms with E-state index in [-0.39, 0.29) is 23.0 Å². The fourth-order valence-electron chi connectivity index (χ4n) is 4.24. The van der Waals surface area contributed by atoms with Crippen molar-refractivity contribution in [3.05, 3.63) is 66.7 Å². The number of nitro benzene ring substituents is 1. The van der Waals surface area contributed by atoms with Gasteiger partial charge in [0.25, 0.3) is 5.56 Å². The van der Waals surface area contributed by atoms with Gasteiger partial charge in [-0.15, -0.1) is 0 Å². The maximum Gasteiger partial charge on any atom is 0.316 e. The fourth-order valence-corrected chi connectivity index (χ4v) is 4.60. The topological polar surface area (TPSA) is 126 Å². The van der Waals surface area contributed by atoms with E-state index < -0.39 is 16.6 Å². The Labute approximate surface area is 208 Å². The number of methoxy groups -OCH3 is 1. The average Bonchev–Trinajstić information content (AvgIpc) is 2.84. The van der Waals surface area contributed by atoms with Crippen LogP contribution in [0.25, 0.3) is 10.9 Å². The summed E-state index contributed by atoms with van der Waals surface area (Å²) in [7, 11) is 1.31. The van der Waals surface area contributed by atoms with Crippen LogP contribution in [0.1, 0.15) is 56.3 Å². The molecule has 0 spiro atoms. The Morgan fingerprint density at radius 1 is 1.26 bits per heavy atom. The minimum Gasteiger partial charge on any atom is -0.493 e. The first-order valence-corrected chi connectivity index (χ1v) is 11.9. The van der Waals surface area contributed by atoms with Crippen molar-refractivity contribution in [3.63, 3.8) is 0 Å².